The summed E-state index contributed by atoms with van der Waals surface area (Å²) in [6.45, 7) is 7.56. The maximum Gasteiger partial charge on any atom is 0.262 e. The molecule has 0 aliphatic heterocycles. The van der Waals surface area contributed by atoms with E-state index in [0.717, 1.165) is 0 Å². The molecular weight excluding hydrogens is 373 g/mol. The molecule has 0 spiro atoms. The van der Waals surface area contributed by atoms with Crippen molar-refractivity contribution < 1.29 is 18.7 Å². The fourth-order valence-electron chi connectivity index (χ4n) is 2.46. The molecule has 0 saturated heterocycles. The lowest BCUT2D eigenvalue weighted by atomic mass is 10.0. The van der Waals surface area contributed by atoms with Gasteiger partial charge in [0.2, 0.25) is 0 Å². The maximum atomic E-state index is 13.0. The lowest BCUT2D eigenvalue weighted by Gasteiger charge is -2.20. The van der Waals surface area contributed by atoms with Crippen molar-refractivity contribution in [1.29, 1.82) is 0 Å². The number of hydrogen-bond donors (Lipinski definition) is 2. The summed E-state index contributed by atoms with van der Waals surface area (Å²) in [4.78, 5) is 24.8. The zero-order valence-corrected chi connectivity index (χ0v) is 16.4. The molecule has 2 rings (SSSR count). The highest BCUT2D eigenvalue weighted by molar-refractivity contribution is 5.97. The smallest absolute Gasteiger partial charge is 0.262 e. The number of halogens is 1. The Balaban J connectivity index is 2.03. The van der Waals surface area contributed by atoms with E-state index in [1.807, 2.05) is 12.1 Å². The number of para-hydroxylation sites is 1. The van der Waals surface area contributed by atoms with Crippen molar-refractivity contribution in [1.82, 2.24) is 10.7 Å². The summed E-state index contributed by atoms with van der Waals surface area (Å²) >= 11 is 0. The van der Waals surface area contributed by atoms with Crippen LogP contribution in [0.4, 0.5) is 4.39 Å². The molecule has 7 heteroatoms. The van der Waals surface area contributed by atoms with Gasteiger partial charge in [-0.25, -0.2) is 9.82 Å². The van der Waals surface area contributed by atoms with E-state index in [0.29, 0.717) is 17.9 Å². The first-order valence-corrected chi connectivity index (χ1v) is 9.14. The molecule has 0 aliphatic carbocycles. The van der Waals surface area contributed by atoms with Crippen molar-refractivity contribution >= 4 is 18.0 Å². The molecule has 152 valence electrons. The average Bonchev–Trinajstić information content (AvgIpc) is 2.71. The number of carbonyl (C=O) groups excluding carboxylic acids is 2. The second-order valence-electron chi connectivity index (χ2n) is 6.57. The molecule has 0 radical (unpaired) electrons. The molecule has 1 atom stereocenters. The number of ether oxygens (including phenoxy) is 1. The first kappa shape index (κ1) is 21.8. The second-order valence-corrected chi connectivity index (χ2v) is 6.57. The quantitative estimate of drug-likeness (QED) is 0.387. The number of rotatable bonds is 9. The molecule has 0 fully saturated rings. The molecule has 2 amide bonds. The third-order valence-electron chi connectivity index (χ3n) is 4.00. The van der Waals surface area contributed by atoms with Gasteiger partial charge in [-0.05, 0) is 42.3 Å². The number of carbonyl (C=O) groups is 2. The average molecular weight is 397 g/mol. The van der Waals surface area contributed by atoms with Crippen LogP contribution in [-0.4, -0.2) is 30.7 Å². The van der Waals surface area contributed by atoms with Gasteiger partial charge in [0.1, 0.15) is 24.2 Å². The highest BCUT2D eigenvalue weighted by atomic mass is 19.1. The van der Waals surface area contributed by atoms with Crippen molar-refractivity contribution in [3.05, 3.63) is 78.1 Å². The van der Waals surface area contributed by atoms with Crippen LogP contribution in [0.1, 0.15) is 29.8 Å². The first-order valence-electron chi connectivity index (χ1n) is 9.14. The molecule has 2 N–H and O–H groups in total. The molecule has 2 aromatic rings. The van der Waals surface area contributed by atoms with Crippen LogP contribution in [0, 0.1) is 11.7 Å². The topological polar surface area (TPSA) is 79.8 Å². The Morgan fingerprint density at radius 3 is 2.52 bits per heavy atom. The number of amides is 2. The normalized spacial score (nSPS) is 11.9. The van der Waals surface area contributed by atoms with Crippen molar-refractivity contribution in [2.75, 3.05) is 6.61 Å². The molecule has 0 aromatic heterocycles. The SMILES string of the molecule is C=CCOc1ccccc1C=NNC(=O)C(NC(=O)c1ccc(F)cc1)C(C)C. The summed E-state index contributed by atoms with van der Waals surface area (Å²) < 4.78 is 18.6. The molecule has 0 aliphatic rings. The Morgan fingerprint density at radius 1 is 1.17 bits per heavy atom. The Kier molecular flexibility index (Phi) is 8.09. The van der Waals surface area contributed by atoms with Crippen LogP contribution in [0.2, 0.25) is 0 Å². The van der Waals surface area contributed by atoms with Gasteiger partial charge in [0.15, 0.2) is 0 Å². The minimum Gasteiger partial charge on any atom is -0.489 e. The van der Waals surface area contributed by atoms with E-state index in [4.69, 9.17) is 4.74 Å². The molecule has 2 aromatic carbocycles. The monoisotopic (exact) mass is 397 g/mol. The zero-order valence-electron chi connectivity index (χ0n) is 16.4. The van der Waals surface area contributed by atoms with Gasteiger partial charge in [-0.2, -0.15) is 5.10 Å². The van der Waals surface area contributed by atoms with E-state index in [1.54, 1.807) is 32.1 Å². The number of benzene rings is 2. The summed E-state index contributed by atoms with van der Waals surface area (Å²) in [5, 5.41) is 6.63. The van der Waals surface area contributed by atoms with E-state index in [1.165, 1.54) is 30.5 Å². The lowest BCUT2D eigenvalue weighted by molar-refractivity contribution is -0.123. The van der Waals surface area contributed by atoms with Crippen molar-refractivity contribution in [2.45, 2.75) is 19.9 Å². The Hall–Kier alpha value is -3.48. The van der Waals surface area contributed by atoms with Crippen molar-refractivity contribution in [2.24, 2.45) is 11.0 Å². The summed E-state index contributed by atoms with van der Waals surface area (Å²) in [6.07, 6.45) is 3.10. The minimum absolute atomic E-state index is 0.183. The highest BCUT2D eigenvalue weighted by Crippen LogP contribution is 2.15. The Labute approximate surface area is 169 Å². The third kappa shape index (κ3) is 6.57. The van der Waals surface area contributed by atoms with Crippen LogP contribution in [0.3, 0.4) is 0 Å². The van der Waals surface area contributed by atoms with Crippen LogP contribution >= 0.6 is 0 Å². The lowest BCUT2D eigenvalue weighted by Crippen LogP contribution is -2.48. The van der Waals surface area contributed by atoms with Gasteiger partial charge in [-0.1, -0.05) is 38.6 Å². The number of hydrogen-bond acceptors (Lipinski definition) is 4. The van der Waals surface area contributed by atoms with Gasteiger partial charge in [0, 0.05) is 11.1 Å². The summed E-state index contributed by atoms with van der Waals surface area (Å²) in [6, 6.07) is 11.5. The van der Waals surface area contributed by atoms with E-state index in [2.05, 4.69) is 22.4 Å². The van der Waals surface area contributed by atoms with Crippen LogP contribution in [-0.2, 0) is 4.79 Å². The fraction of sp³-hybridized carbons (Fsp3) is 0.227. The molecule has 0 bridgehead atoms. The molecule has 0 saturated carbocycles. The van der Waals surface area contributed by atoms with Gasteiger partial charge in [0.05, 0.1) is 6.21 Å². The van der Waals surface area contributed by atoms with E-state index < -0.39 is 23.7 Å². The predicted molar refractivity (Wildman–Crippen MR) is 110 cm³/mol. The van der Waals surface area contributed by atoms with Crippen LogP contribution in [0.25, 0.3) is 0 Å². The molecule has 29 heavy (non-hydrogen) atoms. The molecule has 6 nitrogen and oxygen atoms in total. The standard InChI is InChI=1S/C22H24FN3O3/c1-4-13-29-19-8-6-5-7-17(19)14-24-26-22(28)20(15(2)3)25-21(27)16-9-11-18(23)12-10-16/h4-12,14-15,20H,1,13H2,2-3H3,(H,25,27)(H,26,28). The number of hydrazone groups is 1. The Bertz CT molecular complexity index is 879. The van der Waals surface area contributed by atoms with Crippen LogP contribution in [0.15, 0.2) is 66.3 Å². The van der Waals surface area contributed by atoms with Gasteiger partial charge >= 0.3 is 0 Å². The van der Waals surface area contributed by atoms with Crippen LogP contribution in [0.5, 0.6) is 5.75 Å². The minimum atomic E-state index is -0.808. The zero-order chi connectivity index (χ0) is 21.2. The van der Waals surface area contributed by atoms with Gasteiger partial charge in [-0.3, -0.25) is 9.59 Å². The van der Waals surface area contributed by atoms with E-state index >= 15 is 0 Å². The predicted octanol–water partition coefficient (Wildman–Crippen LogP) is 3.30. The Morgan fingerprint density at radius 2 is 1.86 bits per heavy atom. The summed E-state index contributed by atoms with van der Waals surface area (Å²) in [7, 11) is 0. The first-order chi connectivity index (χ1) is 13.9. The third-order valence-corrected chi connectivity index (χ3v) is 4.00. The second kappa shape index (κ2) is 10.8. The fourth-order valence-corrected chi connectivity index (χ4v) is 2.46. The largest absolute Gasteiger partial charge is 0.489 e. The number of nitrogens with zero attached hydrogens (tertiary/aromatic N) is 1. The van der Waals surface area contributed by atoms with E-state index in [-0.39, 0.29) is 11.5 Å². The van der Waals surface area contributed by atoms with Crippen molar-refractivity contribution in [3.8, 4) is 5.75 Å². The van der Waals surface area contributed by atoms with E-state index in [9.17, 15) is 14.0 Å². The highest BCUT2D eigenvalue weighted by Gasteiger charge is 2.24. The molecule has 1 unspecified atom stereocenters. The number of nitrogens with one attached hydrogen (secondary N) is 2. The molecule has 0 heterocycles. The van der Waals surface area contributed by atoms with Gasteiger partial charge in [0.25, 0.3) is 11.8 Å². The van der Waals surface area contributed by atoms with Gasteiger partial charge < -0.3 is 10.1 Å². The van der Waals surface area contributed by atoms with Crippen molar-refractivity contribution in [3.63, 3.8) is 0 Å². The van der Waals surface area contributed by atoms with Crippen LogP contribution < -0.4 is 15.5 Å². The maximum absolute atomic E-state index is 13.0. The molecular formula is C22H24FN3O3. The summed E-state index contributed by atoms with van der Waals surface area (Å²) in [5.74, 6) is -0.943. The van der Waals surface area contributed by atoms with Gasteiger partial charge in [-0.15, -0.1) is 0 Å². The summed E-state index contributed by atoms with van der Waals surface area (Å²) in [5.41, 5.74) is 3.39.